The molecule has 122 valence electrons. The van der Waals surface area contributed by atoms with Gasteiger partial charge in [0.25, 0.3) is 0 Å². The summed E-state index contributed by atoms with van der Waals surface area (Å²) in [6.45, 7) is 10.4. The molecule has 0 saturated carbocycles. The third-order valence-corrected chi connectivity index (χ3v) is 4.13. The zero-order valence-corrected chi connectivity index (χ0v) is 14.2. The van der Waals surface area contributed by atoms with Gasteiger partial charge in [0.15, 0.2) is 0 Å². The lowest BCUT2D eigenvalue weighted by molar-refractivity contribution is -0.118. The summed E-state index contributed by atoms with van der Waals surface area (Å²) in [6.07, 6.45) is 7.14. The van der Waals surface area contributed by atoms with Crippen molar-refractivity contribution in [2.24, 2.45) is 17.8 Å². The predicted molar refractivity (Wildman–Crippen MR) is 89.9 cm³/mol. The number of hydrogen-bond acceptors (Lipinski definition) is 4. The van der Waals surface area contributed by atoms with Gasteiger partial charge < -0.3 is 10.2 Å². The van der Waals surface area contributed by atoms with Crippen LogP contribution in [-0.4, -0.2) is 29.0 Å². The molecule has 2 heterocycles. The molecule has 5 heteroatoms. The van der Waals surface area contributed by atoms with E-state index in [1.54, 1.807) is 12.4 Å². The van der Waals surface area contributed by atoms with Crippen molar-refractivity contribution in [3.63, 3.8) is 0 Å². The molecule has 2 rings (SSSR count). The van der Waals surface area contributed by atoms with E-state index in [0.29, 0.717) is 5.69 Å². The van der Waals surface area contributed by atoms with E-state index in [2.05, 4.69) is 34.0 Å². The minimum atomic E-state index is -0.0420. The van der Waals surface area contributed by atoms with Crippen LogP contribution in [0.2, 0.25) is 0 Å². The maximum Gasteiger partial charge on any atom is 0.227 e. The van der Waals surface area contributed by atoms with Gasteiger partial charge in [0.05, 0.1) is 18.1 Å². The van der Waals surface area contributed by atoms with Gasteiger partial charge >= 0.3 is 0 Å². The lowest BCUT2D eigenvalue weighted by Crippen LogP contribution is -2.35. The van der Waals surface area contributed by atoms with Gasteiger partial charge in [0.1, 0.15) is 0 Å². The van der Waals surface area contributed by atoms with E-state index in [-0.39, 0.29) is 11.8 Å². The smallest absolute Gasteiger partial charge is 0.227 e. The number of piperidine rings is 1. The largest absolute Gasteiger partial charge is 0.341 e. The van der Waals surface area contributed by atoms with Crippen molar-refractivity contribution in [1.82, 2.24) is 9.97 Å². The second kappa shape index (κ2) is 7.56. The monoisotopic (exact) mass is 304 g/mol. The van der Waals surface area contributed by atoms with Crippen LogP contribution in [0.25, 0.3) is 0 Å². The molecule has 22 heavy (non-hydrogen) atoms. The van der Waals surface area contributed by atoms with Crippen molar-refractivity contribution in [2.45, 2.75) is 47.0 Å². The van der Waals surface area contributed by atoms with Crippen molar-refractivity contribution < 1.29 is 4.79 Å². The fourth-order valence-corrected chi connectivity index (χ4v) is 2.87. The van der Waals surface area contributed by atoms with Crippen molar-refractivity contribution in [1.29, 1.82) is 0 Å². The minimum Gasteiger partial charge on any atom is -0.341 e. The van der Waals surface area contributed by atoms with E-state index in [0.717, 1.165) is 30.9 Å². The Labute approximate surface area is 133 Å². The van der Waals surface area contributed by atoms with Crippen LogP contribution in [0.3, 0.4) is 0 Å². The molecule has 1 N–H and O–H groups in total. The van der Waals surface area contributed by atoms with Crippen LogP contribution in [0.4, 0.5) is 11.6 Å². The Morgan fingerprint density at radius 1 is 1.23 bits per heavy atom. The van der Waals surface area contributed by atoms with Crippen molar-refractivity contribution in [3.05, 3.63) is 12.4 Å². The summed E-state index contributed by atoms with van der Waals surface area (Å²) in [5, 5.41) is 2.82. The average molecular weight is 304 g/mol. The predicted octanol–water partition coefficient (Wildman–Crippen LogP) is 3.33. The molecule has 1 aliphatic rings. The number of aromatic nitrogens is 2. The van der Waals surface area contributed by atoms with Gasteiger partial charge in [-0.1, -0.05) is 27.7 Å². The maximum atomic E-state index is 11.6. The first-order valence-corrected chi connectivity index (χ1v) is 8.33. The molecule has 0 spiro atoms. The van der Waals surface area contributed by atoms with Gasteiger partial charge in [0.2, 0.25) is 11.9 Å². The number of carbonyl (C=O) groups excluding carboxylic acids is 1. The third-order valence-electron chi connectivity index (χ3n) is 4.13. The molecule has 1 aromatic heterocycles. The Hall–Kier alpha value is -1.65. The zero-order valence-electron chi connectivity index (χ0n) is 14.2. The summed E-state index contributed by atoms with van der Waals surface area (Å²) in [6, 6.07) is 0. The molecule has 0 radical (unpaired) electrons. The van der Waals surface area contributed by atoms with Crippen LogP contribution in [0.5, 0.6) is 0 Å². The van der Waals surface area contributed by atoms with E-state index in [4.69, 9.17) is 0 Å². The summed E-state index contributed by atoms with van der Waals surface area (Å²) in [5.41, 5.74) is 0.664. The molecular formula is C17H28N4O. The van der Waals surface area contributed by atoms with E-state index in [1.807, 2.05) is 13.8 Å². The second-order valence-corrected chi connectivity index (χ2v) is 6.98. The standard InChI is InChI=1S/C17H28N4O/c1-12(2)9-14-5-7-21(8-6-14)17-18-10-15(11-19-17)20-16(22)13(3)4/h10-14H,5-9H2,1-4H3,(H,20,22). The first kappa shape index (κ1) is 16.7. The number of carbonyl (C=O) groups is 1. The van der Waals surface area contributed by atoms with Crippen LogP contribution in [0, 0.1) is 17.8 Å². The van der Waals surface area contributed by atoms with Gasteiger partial charge in [-0.15, -0.1) is 0 Å². The SMILES string of the molecule is CC(C)CC1CCN(c2ncc(NC(=O)C(C)C)cn2)CC1. The lowest BCUT2D eigenvalue weighted by Gasteiger charge is -2.32. The number of nitrogens with one attached hydrogen (secondary N) is 1. The highest BCUT2D eigenvalue weighted by Gasteiger charge is 2.21. The molecule has 0 bridgehead atoms. The molecule has 1 aliphatic heterocycles. The number of amides is 1. The zero-order chi connectivity index (χ0) is 16.1. The molecule has 0 aliphatic carbocycles. The summed E-state index contributed by atoms with van der Waals surface area (Å²) < 4.78 is 0. The highest BCUT2D eigenvalue weighted by molar-refractivity contribution is 5.91. The molecule has 0 unspecified atom stereocenters. The molecule has 0 aromatic carbocycles. The first-order valence-electron chi connectivity index (χ1n) is 8.33. The molecule has 1 fully saturated rings. The summed E-state index contributed by atoms with van der Waals surface area (Å²) in [4.78, 5) is 22.7. The maximum absolute atomic E-state index is 11.6. The Balaban J connectivity index is 1.88. The first-order chi connectivity index (χ1) is 10.5. The molecule has 1 aromatic rings. The van der Waals surface area contributed by atoms with Gasteiger partial charge in [0, 0.05) is 19.0 Å². The quantitative estimate of drug-likeness (QED) is 0.906. The van der Waals surface area contributed by atoms with Crippen molar-refractivity contribution >= 4 is 17.5 Å². The Morgan fingerprint density at radius 3 is 2.32 bits per heavy atom. The minimum absolute atomic E-state index is 0.00847. The molecular weight excluding hydrogens is 276 g/mol. The van der Waals surface area contributed by atoms with Gasteiger partial charge in [-0.25, -0.2) is 9.97 Å². The lowest BCUT2D eigenvalue weighted by atomic mass is 9.89. The Morgan fingerprint density at radius 2 is 1.82 bits per heavy atom. The van der Waals surface area contributed by atoms with Crippen LogP contribution in [0.1, 0.15) is 47.0 Å². The summed E-state index contributed by atoms with van der Waals surface area (Å²) in [5.74, 6) is 2.33. The van der Waals surface area contributed by atoms with Gasteiger partial charge in [-0.3, -0.25) is 4.79 Å². The highest BCUT2D eigenvalue weighted by Crippen LogP contribution is 2.25. The number of hydrogen-bond donors (Lipinski definition) is 1. The second-order valence-electron chi connectivity index (χ2n) is 6.98. The third kappa shape index (κ3) is 4.68. The van der Waals surface area contributed by atoms with Crippen LogP contribution >= 0.6 is 0 Å². The fraction of sp³-hybridized carbons (Fsp3) is 0.706. The fourth-order valence-electron chi connectivity index (χ4n) is 2.87. The van der Waals surface area contributed by atoms with E-state index in [1.165, 1.54) is 19.3 Å². The van der Waals surface area contributed by atoms with Gasteiger partial charge in [-0.2, -0.15) is 0 Å². The van der Waals surface area contributed by atoms with Crippen LogP contribution < -0.4 is 10.2 Å². The Bertz CT molecular complexity index is 476. The number of nitrogens with zero attached hydrogens (tertiary/aromatic N) is 3. The molecule has 0 atom stereocenters. The van der Waals surface area contributed by atoms with Crippen LogP contribution in [0.15, 0.2) is 12.4 Å². The van der Waals surface area contributed by atoms with E-state index >= 15 is 0 Å². The number of rotatable bonds is 5. The number of anilines is 2. The van der Waals surface area contributed by atoms with E-state index in [9.17, 15) is 4.79 Å². The van der Waals surface area contributed by atoms with E-state index < -0.39 is 0 Å². The van der Waals surface area contributed by atoms with Crippen molar-refractivity contribution in [3.8, 4) is 0 Å². The summed E-state index contributed by atoms with van der Waals surface area (Å²) in [7, 11) is 0. The van der Waals surface area contributed by atoms with Crippen LogP contribution in [-0.2, 0) is 4.79 Å². The molecule has 5 nitrogen and oxygen atoms in total. The average Bonchev–Trinajstić information content (AvgIpc) is 2.48. The highest BCUT2D eigenvalue weighted by atomic mass is 16.1. The molecule has 1 amide bonds. The van der Waals surface area contributed by atoms with Crippen molar-refractivity contribution in [2.75, 3.05) is 23.3 Å². The van der Waals surface area contributed by atoms with Gasteiger partial charge in [-0.05, 0) is 31.1 Å². The molecule has 1 saturated heterocycles. The topological polar surface area (TPSA) is 58.1 Å². The Kier molecular flexibility index (Phi) is 5.75. The normalized spacial score (nSPS) is 16.4. The summed E-state index contributed by atoms with van der Waals surface area (Å²) >= 11 is 0.